The molecule has 2 aliphatic rings. The molecule has 4 atom stereocenters. The van der Waals surface area contributed by atoms with Gasteiger partial charge in [0.2, 0.25) is 11.8 Å². The summed E-state index contributed by atoms with van der Waals surface area (Å²) in [6.07, 6.45) is 0. The van der Waals surface area contributed by atoms with Gasteiger partial charge in [-0.25, -0.2) is 4.79 Å². The van der Waals surface area contributed by atoms with E-state index in [1.807, 2.05) is 0 Å². The van der Waals surface area contributed by atoms with Gasteiger partial charge in [0.1, 0.15) is 29.2 Å². The number of aliphatic carboxylic acids is 1. The Bertz CT molecular complexity index is 742. The molecule has 1 aromatic rings. The van der Waals surface area contributed by atoms with Crippen LogP contribution in [0.25, 0.3) is 0 Å². The van der Waals surface area contributed by atoms with Crippen LogP contribution in [-0.4, -0.2) is 84.7 Å². The fourth-order valence-corrected chi connectivity index (χ4v) is 4.85. The van der Waals surface area contributed by atoms with Crippen LogP contribution in [-0.2, 0) is 14.4 Å². The van der Waals surface area contributed by atoms with Crippen LogP contribution in [0.2, 0.25) is 0 Å². The van der Waals surface area contributed by atoms with Gasteiger partial charge >= 0.3 is 5.97 Å². The Morgan fingerprint density at radius 2 is 1.88 bits per heavy atom. The number of benzene rings is 1. The Morgan fingerprint density at radius 3 is 2.42 bits per heavy atom. The fourth-order valence-electron chi connectivity index (χ4n) is 3.22. The number of fused-ring (bicyclic) bond motifs is 1. The summed E-state index contributed by atoms with van der Waals surface area (Å²) in [6, 6.07) is 3.21. The molecule has 2 amide bonds. The van der Waals surface area contributed by atoms with Crippen LogP contribution in [0.3, 0.4) is 0 Å². The van der Waals surface area contributed by atoms with Gasteiger partial charge in [-0.15, -0.1) is 11.8 Å². The van der Waals surface area contributed by atoms with Crippen LogP contribution in [0.1, 0.15) is 25.5 Å². The van der Waals surface area contributed by atoms with Gasteiger partial charge in [0, 0.05) is 34.3 Å². The van der Waals surface area contributed by atoms with E-state index in [9.17, 15) is 24.6 Å². The van der Waals surface area contributed by atoms with E-state index in [0.717, 1.165) is 0 Å². The Balaban J connectivity index is 0.00000243. The molecule has 26 heavy (non-hydrogen) atoms. The summed E-state index contributed by atoms with van der Waals surface area (Å²) in [4.78, 5) is 37.5. The molecule has 0 bridgehead atoms. The number of carbonyl (C=O) groups is 3. The fraction of sp³-hybridized carbons (Fsp3) is 0.438. The monoisotopic (exact) mass is 388 g/mol. The van der Waals surface area contributed by atoms with Gasteiger partial charge in [-0.05, 0) is 31.5 Å². The van der Waals surface area contributed by atoms with E-state index in [1.54, 1.807) is 13.8 Å². The zero-order valence-corrected chi connectivity index (χ0v) is 17.5. The Labute approximate surface area is 176 Å². The number of nitrogens with zero attached hydrogens (tertiary/aromatic N) is 1. The summed E-state index contributed by atoms with van der Waals surface area (Å²) in [6.45, 7) is 3.53. The van der Waals surface area contributed by atoms with Crippen molar-refractivity contribution in [1.82, 2.24) is 10.2 Å². The standard InChI is InChI=1S/C16H19N3O5S.Na/c1-16(2)11(15(23)24)19-13(22)10(14(19)25-16)18-12(21)9(17)7-3-5-8(20)6-4-7;/h3-6,9-11,14,20H,17H2,1-2H3,(H,18,21)(H,23,24);/t9?,10-,11+,14-;/m0./s1. The van der Waals surface area contributed by atoms with Crippen LogP contribution >= 0.6 is 11.8 Å². The van der Waals surface area contributed by atoms with Crippen LogP contribution in [0, 0.1) is 0 Å². The predicted octanol–water partition coefficient (Wildman–Crippen LogP) is -0.357. The number of thioether (sulfide) groups is 1. The Morgan fingerprint density at radius 1 is 1.31 bits per heavy atom. The number of carboxylic acids is 1. The van der Waals surface area contributed by atoms with Gasteiger partial charge in [0.15, 0.2) is 0 Å². The number of carboxylic acid groups (broad SMARTS) is 1. The zero-order valence-electron chi connectivity index (χ0n) is 14.7. The van der Waals surface area contributed by atoms with Crippen LogP contribution < -0.4 is 11.1 Å². The number of β-lactam (4-membered cyclic amide) rings is 1. The number of amides is 2. The molecule has 2 saturated heterocycles. The number of carbonyl (C=O) groups excluding carboxylic acids is 2. The zero-order chi connectivity index (χ0) is 18.5. The molecule has 2 fully saturated rings. The van der Waals surface area contributed by atoms with E-state index >= 15 is 0 Å². The molecule has 10 heteroatoms. The van der Waals surface area contributed by atoms with Crippen molar-refractivity contribution in [1.29, 1.82) is 0 Å². The van der Waals surface area contributed by atoms with E-state index in [0.29, 0.717) is 5.56 Å². The maximum Gasteiger partial charge on any atom is 0.327 e. The minimum absolute atomic E-state index is 0. The Kier molecular flexibility index (Phi) is 5.99. The molecule has 1 aromatic carbocycles. The summed E-state index contributed by atoms with van der Waals surface area (Å²) >= 11 is 1.35. The first-order valence-electron chi connectivity index (χ1n) is 7.71. The van der Waals surface area contributed by atoms with Crippen molar-refractivity contribution in [3.05, 3.63) is 29.8 Å². The molecule has 1 radical (unpaired) electrons. The quantitative estimate of drug-likeness (QED) is 0.409. The predicted molar refractivity (Wildman–Crippen MR) is 96.4 cm³/mol. The van der Waals surface area contributed by atoms with Crippen molar-refractivity contribution in [2.45, 2.75) is 42.1 Å². The second-order valence-corrected chi connectivity index (χ2v) is 8.42. The largest absolute Gasteiger partial charge is 0.508 e. The number of nitrogens with two attached hydrogens (primary N) is 1. The molecule has 8 nitrogen and oxygen atoms in total. The van der Waals surface area contributed by atoms with Gasteiger partial charge in [-0.1, -0.05) is 12.1 Å². The first kappa shape index (κ1) is 21.0. The molecular weight excluding hydrogens is 369 g/mol. The molecule has 1 unspecified atom stereocenters. The number of hydrogen-bond acceptors (Lipinski definition) is 6. The Hall–Kier alpha value is -1.26. The smallest absolute Gasteiger partial charge is 0.327 e. The van der Waals surface area contributed by atoms with E-state index in [-0.39, 0.29) is 35.3 Å². The van der Waals surface area contributed by atoms with Crippen LogP contribution in [0.4, 0.5) is 0 Å². The number of phenolic OH excluding ortho intramolecular Hbond substituents is 1. The third-order valence-electron chi connectivity index (χ3n) is 4.51. The second-order valence-electron chi connectivity index (χ2n) is 6.65. The minimum Gasteiger partial charge on any atom is -0.508 e. The maximum absolute atomic E-state index is 12.3. The normalized spacial score (nSPS) is 27.0. The summed E-state index contributed by atoms with van der Waals surface area (Å²) in [7, 11) is 0. The average molecular weight is 388 g/mol. The molecule has 0 spiro atoms. The van der Waals surface area contributed by atoms with E-state index in [1.165, 1.54) is 40.9 Å². The second kappa shape index (κ2) is 7.40. The molecular formula is C16H19N3NaO5S. The first-order chi connectivity index (χ1) is 11.6. The third kappa shape index (κ3) is 3.46. The average Bonchev–Trinajstić information content (AvgIpc) is 2.80. The van der Waals surface area contributed by atoms with Crippen molar-refractivity contribution >= 4 is 59.1 Å². The number of hydrogen-bond donors (Lipinski definition) is 4. The van der Waals surface area contributed by atoms with Crippen molar-refractivity contribution in [2.24, 2.45) is 5.73 Å². The van der Waals surface area contributed by atoms with Gasteiger partial charge in [0.25, 0.3) is 0 Å². The molecule has 2 aliphatic heterocycles. The molecule has 3 rings (SSSR count). The van der Waals surface area contributed by atoms with Gasteiger partial charge in [-0.2, -0.15) is 0 Å². The van der Waals surface area contributed by atoms with Crippen molar-refractivity contribution < 1.29 is 24.6 Å². The summed E-state index contributed by atoms with van der Waals surface area (Å²) in [5, 5.41) is 20.9. The number of rotatable bonds is 4. The molecule has 0 saturated carbocycles. The summed E-state index contributed by atoms with van der Waals surface area (Å²) < 4.78 is -0.648. The number of nitrogens with one attached hydrogen (secondary N) is 1. The molecule has 2 heterocycles. The minimum atomic E-state index is -1.06. The SMILES string of the molecule is CC1(C)S[C@H]2[C@@H](NC(=O)C(N)c3ccc(O)cc3)C(=O)N2[C@@H]1C(=O)O.[Na]. The van der Waals surface area contributed by atoms with Crippen LogP contribution in [0.15, 0.2) is 24.3 Å². The van der Waals surface area contributed by atoms with E-state index in [2.05, 4.69) is 5.32 Å². The van der Waals surface area contributed by atoms with Crippen molar-refractivity contribution in [3.8, 4) is 5.75 Å². The topological polar surface area (TPSA) is 133 Å². The van der Waals surface area contributed by atoms with Gasteiger partial charge in [0.05, 0.1) is 0 Å². The molecule has 5 N–H and O–H groups in total. The third-order valence-corrected chi connectivity index (χ3v) is 6.08. The van der Waals surface area contributed by atoms with E-state index < -0.39 is 46.0 Å². The van der Waals surface area contributed by atoms with Crippen LogP contribution in [0.5, 0.6) is 5.75 Å². The molecule has 0 aliphatic carbocycles. The van der Waals surface area contributed by atoms with Crippen molar-refractivity contribution in [3.63, 3.8) is 0 Å². The van der Waals surface area contributed by atoms with Crippen molar-refractivity contribution in [2.75, 3.05) is 0 Å². The summed E-state index contributed by atoms with van der Waals surface area (Å²) in [5.74, 6) is -1.94. The van der Waals surface area contributed by atoms with Gasteiger partial charge in [-0.3, -0.25) is 9.59 Å². The van der Waals surface area contributed by atoms with Gasteiger partial charge < -0.3 is 26.2 Å². The number of phenols is 1. The molecule has 135 valence electrons. The maximum atomic E-state index is 12.3. The van der Waals surface area contributed by atoms with E-state index in [4.69, 9.17) is 5.73 Å². The first-order valence-corrected chi connectivity index (χ1v) is 8.59. The number of aromatic hydroxyl groups is 1. The molecule has 0 aromatic heterocycles. The summed E-state index contributed by atoms with van der Waals surface area (Å²) in [5.41, 5.74) is 6.41.